The van der Waals surface area contributed by atoms with Gasteiger partial charge in [-0.1, -0.05) is 24.3 Å². The van der Waals surface area contributed by atoms with Gasteiger partial charge in [-0.15, -0.1) is 11.3 Å². The predicted molar refractivity (Wildman–Crippen MR) is 108 cm³/mol. The molecule has 1 aromatic heterocycles. The number of amides is 1. The van der Waals surface area contributed by atoms with Crippen molar-refractivity contribution in [2.45, 2.75) is 12.8 Å². The monoisotopic (exact) mass is 383 g/mol. The van der Waals surface area contributed by atoms with Gasteiger partial charge in [-0.3, -0.25) is 4.79 Å². The summed E-state index contributed by atoms with van der Waals surface area (Å²) in [5.74, 6) is 1.25. The zero-order valence-electron chi connectivity index (χ0n) is 15.2. The number of thiazole rings is 1. The lowest BCUT2D eigenvalue weighted by Gasteiger charge is -2.11. The third-order valence-corrected chi connectivity index (χ3v) is 4.76. The second-order valence-electron chi connectivity index (χ2n) is 5.85. The molecule has 0 atom stereocenters. The Hall–Kier alpha value is -3.06. The third kappa shape index (κ3) is 4.57. The van der Waals surface area contributed by atoms with E-state index in [2.05, 4.69) is 10.3 Å². The zero-order valence-corrected chi connectivity index (χ0v) is 16.0. The predicted octanol–water partition coefficient (Wildman–Crippen LogP) is 3.98. The van der Waals surface area contributed by atoms with Crippen LogP contribution >= 0.6 is 11.3 Å². The first-order valence-corrected chi connectivity index (χ1v) is 9.30. The average molecular weight is 383 g/mol. The van der Waals surface area contributed by atoms with Crippen molar-refractivity contribution in [3.8, 4) is 22.8 Å². The molecule has 140 valence electrons. The van der Waals surface area contributed by atoms with Gasteiger partial charge >= 0.3 is 0 Å². The summed E-state index contributed by atoms with van der Waals surface area (Å²) in [6, 6.07) is 13.2. The summed E-state index contributed by atoms with van der Waals surface area (Å²) in [5, 5.41) is 5.35. The van der Waals surface area contributed by atoms with Crippen molar-refractivity contribution in [1.29, 1.82) is 0 Å². The van der Waals surface area contributed by atoms with Crippen LogP contribution in [0.5, 0.6) is 11.5 Å². The summed E-state index contributed by atoms with van der Waals surface area (Å²) >= 11 is 1.37. The number of aromatic nitrogens is 1. The van der Waals surface area contributed by atoms with Gasteiger partial charge < -0.3 is 20.5 Å². The summed E-state index contributed by atoms with van der Waals surface area (Å²) in [4.78, 5) is 16.7. The van der Waals surface area contributed by atoms with E-state index in [0.29, 0.717) is 29.5 Å². The fourth-order valence-electron chi connectivity index (χ4n) is 2.73. The van der Waals surface area contributed by atoms with Crippen LogP contribution in [0.1, 0.15) is 12.0 Å². The number of ether oxygens (including phenoxy) is 2. The lowest BCUT2D eigenvalue weighted by molar-refractivity contribution is -0.116. The number of carbonyl (C=O) groups excluding carboxylic acids is 1. The second kappa shape index (κ2) is 8.55. The number of aryl methyl sites for hydroxylation is 1. The molecule has 0 fully saturated rings. The van der Waals surface area contributed by atoms with Gasteiger partial charge in [-0.2, -0.15) is 0 Å². The Kier molecular flexibility index (Phi) is 5.93. The molecule has 0 saturated heterocycles. The van der Waals surface area contributed by atoms with Gasteiger partial charge in [0, 0.05) is 17.4 Å². The Morgan fingerprint density at radius 1 is 1.15 bits per heavy atom. The Balaban J connectivity index is 1.67. The molecule has 0 saturated carbocycles. The number of methoxy groups -OCH3 is 2. The molecule has 0 aliphatic rings. The number of rotatable bonds is 7. The number of benzene rings is 2. The number of anilines is 2. The molecule has 0 bridgehead atoms. The van der Waals surface area contributed by atoms with Gasteiger partial charge in [0.1, 0.15) is 0 Å². The molecule has 0 unspecified atom stereocenters. The maximum absolute atomic E-state index is 12.4. The first-order valence-electron chi connectivity index (χ1n) is 8.42. The van der Waals surface area contributed by atoms with Crippen molar-refractivity contribution >= 4 is 28.1 Å². The van der Waals surface area contributed by atoms with Crippen LogP contribution in [0.4, 0.5) is 10.8 Å². The Labute approximate surface area is 162 Å². The molecule has 0 spiro atoms. The number of hydrogen-bond donors (Lipinski definition) is 2. The van der Waals surface area contributed by atoms with E-state index in [1.165, 1.54) is 11.3 Å². The lowest BCUT2D eigenvalue weighted by Crippen LogP contribution is -2.13. The number of nitrogens with zero attached hydrogens (tertiary/aromatic N) is 1. The summed E-state index contributed by atoms with van der Waals surface area (Å²) in [6.45, 7) is 0. The quantitative estimate of drug-likeness (QED) is 0.644. The van der Waals surface area contributed by atoms with Crippen molar-refractivity contribution < 1.29 is 14.3 Å². The highest BCUT2D eigenvalue weighted by atomic mass is 32.1. The summed E-state index contributed by atoms with van der Waals surface area (Å²) in [6.07, 6.45) is 0.945. The van der Waals surface area contributed by atoms with Crippen molar-refractivity contribution in [2.75, 3.05) is 25.3 Å². The summed E-state index contributed by atoms with van der Waals surface area (Å²) < 4.78 is 10.5. The molecular weight excluding hydrogens is 362 g/mol. The molecular formula is C20H21N3O3S. The minimum absolute atomic E-state index is 0.0690. The minimum Gasteiger partial charge on any atom is -0.493 e. The number of nitrogens with one attached hydrogen (secondary N) is 1. The van der Waals surface area contributed by atoms with E-state index in [1.54, 1.807) is 14.2 Å². The van der Waals surface area contributed by atoms with Crippen LogP contribution in [0.2, 0.25) is 0 Å². The number of nitrogens with two attached hydrogens (primary N) is 1. The van der Waals surface area contributed by atoms with Gasteiger partial charge in [0.25, 0.3) is 0 Å². The van der Waals surface area contributed by atoms with Gasteiger partial charge in [0.2, 0.25) is 5.91 Å². The molecule has 27 heavy (non-hydrogen) atoms. The Morgan fingerprint density at radius 2 is 1.93 bits per heavy atom. The number of nitrogen functional groups attached to an aromatic ring is 1. The largest absolute Gasteiger partial charge is 0.493 e. The lowest BCUT2D eigenvalue weighted by atomic mass is 10.1. The molecule has 3 N–H and O–H groups in total. The van der Waals surface area contributed by atoms with Crippen LogP contribution in [0, 0.1) is 0 Å². The average Bonchev–Trinajstić information content (AvgIpc) is 3.12. The normalized spacial score (nSPS) is 10.4. The molecule has 1 amide bonds. The number of hydrogen-bond acceptors (Lipinski definition) is 6. The SMILES string of the molecule is COc1ccc(CCC(=O)Nc2ccccc2-c2csc(N)n2)cc1OC. The van der Waals surface area contributed by atoms with Crippen LogP contribution < -0.4 is 20.5 Å². The third-order valence-electron chi connectivity index (χ3n) is 4.09. The fourth-order valence-corrected chi connectivity index (χ4v) is 3.30. The maximum Gasteiger partial charge on any atom is 0.224 e. The summed E-state index contributed by atoms with van der Waals surface area (Å²) in [5.41, 5.74) is 9.06. The van der Waals surface area contributed by atoms with Crippen molar-refractivity contribution in [3.63, 3.8) is 0 Å². The van der Waals surface area contributed by atoms with E-state index < -0.39 is 0 Å². The van der Waals surface area contributed by atoms with E-state index in [4.69, 9.17) is 15.2 Å². The highest BCUT2D eigenvalue weighted by molar-refractivity contribution is 7.13. The van der Waals surface area contributed by atoms with Crippen LogP contribution in [-0.2, 0) is 11.2 Å². The Morgan fingerprint density at radius 3 is 2.63 bits per heavy atom. The molecule has 0 aliphatic heterocycles. The number of carbonyl (C=O) groups is 1. The first-order chi connectivity index (χ1) is 13.1. The van der Waals surface area contributed by atoms with Gasteiger partial charge in [-0.05, 0) is 30.2 Å². The highest BCUT2D eigenvalue weighted by Crippen LogP contribution is 2.30. The van der Waals surface area contributed by atoms with E-state index in [1.807, 2.05) is 47.8 Å². The van der Waals surface area contributed by atoms with Crippen molar-refractivity contribution in [3.05, 3.63) is 53.4 Å². The van der Waals surface area contributed by atoms with E-state index in [0.717, 1.165) is 22.5 Å². The molecule has 6 nitrogen and oxygen atoms in total. The van der Waals surface area contributed by atoms with E-state index >= 15 is 0 Å². The van der Waals surface area contributed by atoms with Crippen LogP contribution in [0.25, 0.3) is 11.3 Å². The van der Waals surface area contributed by atoms with Gasteiger partial charge in [0.15, 0.2) is 16.6 Å². The molecule has 1 heterocycles. The Bertz CT molecular complexity index is 940. The van der Waals surface area contributed by atoms with Crippen LogP contribution in [-0.4, -0.2) is 25.1 Å². The molecule has 2 aromatic carbocycles. The second-order valence-corrected chi connectivity index (χ2v) is 6.74. The molecule has 0 aliphatic carbocycles. The van der Waals surface area contributed by atoms with Gasteiger partial charge in [0.05, 0.1) is 25.6 Å². The summed E-state index contributed by atoms with van der Waals surface area (Å²) in [7, 11) is 3.19. The first kappa shape index (κ1) is 18.7. The molecule has 3 aromatic rings. The standard InChI is InChI=1S/C20H21N3O3S/c1-25-17-9-7-13(11-18(17)26-2)8-10-19(24)22-15-6-4-3-5-14(15)16-12-27-20(21)23-16/h3-7,9,11-12H,8,10H2,1-2H3,(H2,21,23)(H,22,24). The minimum atomic E-state index is -0.0690. The van der Waals surface area contributed by atoms with Crippen LogP contribution in [0.15, 0.2) is 47.8 Å². The topological polar surface area (TPSA) is 86.5 Å². The molecule has 0 radical (unpaired) electrons. The maximum atomic E-state index is 12.4. The molecule has 7 heteroatoms. The van der Waals surface area contributed by atoms with Gasteiger partial charge in [-0.25, -0.2) is 4.98 Å². The van der Waals surface area contributed by atoms with Crippen molar-refractivity contribution in [1.82, 2.24) is 4.98 Å². The van der Waals surface area contributed by atoms with E-state index in [-0.39, 0.29) is 5.91 Å². The zero-order chi connectivity index (χ0) is 19.2. The van der Waals surface area contributed by atoms with E-state index in [9.17, 15) is 4.79 Å². The molecule has 3 rings (SSSR count). The highest BCUT2D eigenvalue weighted by Gasteiger charge is 2.11. The van der Waals surface area contributed by atoms with Crippen molar-refractivity contribution in [2.24, 2.45) is 0 Å². The fraction of sp³-hybridized carbons (Fsp3) is 0.200. The smallest absolute Gasteiger partial charge is 0.224 e. The number of para-hydroxylation sites is 1. The van der Waals surface area contributed by atoms with Crippen LogP contribution in [0.3, 0.4) is 0 Å².